The zero-order chi connectivity index (χ0) is 8.81. The highest BCUT2D eigenvalue weighted by Gasteiger charge is 1.94. The molecule has 0 radical (unpaired) electrons. The SMILES string of the molecule is CN(C)CCCOc1ccn[nH]1. The van der Waals surface area contributed by atoms with Crippen molar-refractivity contribution in [2.24, 2.45) is 0 Å². The summed E-state index contributed by atoms with van der Waals surface area (Å²) in [5, 5.41) is 6.52. The summed E-state index contributed by atoms with van der Waals surface area (Å²) >= 11 is 0. The second-order valence-electron chi connectivity index (χ2n) is 2.93. The number of H-pyrrole nitrogens is 1. The zero-order valence-electron chi connectivity index (χ0n) is 7.58. The van der Waals surface area contributed by atoms with Crippen molar-refractivity contribution in [2.45, 2.75) is 6.42 Å². The highest BCUT2D eigenvalue weighted by Crippen LogP contribution is 2.01. The van der Waals surface area contributed by atoms with Gasteiger partial charge in [-0.15, -0.1) is 0 Å². The highest BCUT2D eigenvalue weighted by molar-refractivity contribution is 5.03. The van der Waals surface area contributed by atoms with Gasteiger partial charge in [0.25, 0.3) is 0 Å². The topological polar surface area (TPSA) is 41.1 Å². The van der Waals surface area contributed by atoms with Crippen LogP contribution in [0.5, 0.6) is 5.88 Å². The van der Waals surface area contributed by atoms with E-state index >= 15 is 0 Å². The summed E-state index contributed by atoms with van der Waals surface area (Å²) in [6, 6.07) is 1.82. The van der Waals surface area contributed by atoms with Gasteiger partial charge in [-0.1, -0.05) is 0 Å². The molecule has 1 aromatic rings. The third-order valence-corrected chi connectivity index (χ3v) is 1.48. The number of nitrogens with one attached hydrogen (secondary N) is 1. The van der Waals surface area contributed by atoms with Crippen LogP contribution in [0.2, 0.25) is 0 Å². The lowest BCUT2D eigenvalue weighted by molar-refractivity contribution is 0.273. The van der Waals surface area contributed by atoms with E-state index in [-0.39, 0.29) is 0 Å². The molecule has 1 aromatic heterocycles. The quantitative estimate of drug-likeness (QED) is 0.661. The number of nitrogens with zero attached hydrogens (tertiary/aromatic N) is 2. The Balaban J connectivity index is 2.04. The van der Waals surface area contributed by atoms with Crippen LogP contribution in [0.3, 0.4) is 0 Å². The fraction of sp³-hybridized carbons (Fsp3) is 0.625. The van der Waals surface area contributed by atoms with Gasteiger partial charge in [-0.25, -0.2) is 5.10 Å². The minimum absolute atomic E-state index is 0.736. The molecule has 0 aliphatic heterocycles. The van der Waals surface area contributed by atoms with Crippen LogP contribution >= 0.6 is 0 Å². The standard InChI is InChI=1S/C8H15N3O/c1-11(2)6-3-7-12-8-4-5-9-10-8/h4-5H,3,6-7H2,1-2H3,(H,9,10). The molecule has 0 fully saturated rings. The van der Waals surface area contributed by atoms with Gasteiger partial charge in [-0.05, 0) is 20.5 Å². The number of aromatic amines is 1. The molecule has 0 amide bonds. The maximum absolute atomic E-state index is 5.35. The largest absolute Gasteiger partial charge is 0.478 e. The molecule has 68 valence electrons. The van der Waals surface area contributed by atoms with Crippen LogP contribution in [-0.2, 0) is 0 Å². The van der Waals surface area contributed by atoms with Crippen molar-refractivity contribution in [3.63, 3.8) is 0 Å². The van der Waals surface area contributed by atoms with Crippen molar-refractivity contribution in [3.8, 4) is 5.88 Å². The van der Waals surface area contributed by atoms with Crippen molar-refractivity contribution in [1.29, 1.82) is 0 Å². The Hall–Kier alpha value is -1.03. The van der Waals surface area contributed by atoms with Gasteiger partial charge < -0.3 is 9.64 Å². The summed E-state index contributed by atoms with van der Waals surface area (Å²) in [6.45, 7) is 1.79. The maximum Gasteiger partial charge on any atom is 0.208 e. The summed E-state index contributed by atoms with van der Waals surface area (Å²) in [6.07, 6.45) is 2.72. The molecule has 0 aliphatic rings. The summed E-state index contributed by atoms with van der Waals surface area (Å²) in [5.74, 6) is 0.744. The van der Waals surface area contributed by atoms with E-state index in [2.05, 4.69) is 29.2 Å². The molecule has 0 aromatic carbocycles. The molecule has 0 saturated heterocycles. The Kier molecular flexibility index (Phi) is 3.60. The molecule has 0 bridgehead atoms. The van der Waals surface area contributed by atoms with Crippen molar-refractivity contribution in [1.82, 2.24) is 15.1 Å². The van der Waals surface area contributed by atoms with Crippen LogP contribution in [0.25, 0.3) is 0 Å². The molecule has 1 rings (SSSR count). The van der Waals surface area contributed by atoms with E-state index in [1.807, 2.05) is 6.07 Å². The minimum atomic E-state index is 0.736. The van der Waals surface area contributed by atoms with Crippen LogP contribution in [-0.4, -0.2) is 42.3 Å². The first-order chi connectivity index (χ1) is 5.79. The number of hydrogen-bond donors (Lipinski definition) is 1. The lowest BCUT2D eigenvalue weighted by Crippen LogP contribution is -2.15. The highest BCUT2D eigenvalue weighted by atomic mass is 16.5. The normalized spacial score (nSPS) is 10.6. The van der Waals surface area contributed by atoms with E-state index in [1.165, 1.54) is 0 Å². The van der Waals surface area contributed by atoms with E-state index in [0.29, 0.717) is 0 Å². The van der Waals surface area contributed by atoms with E-state index in [0.717, 1.165) is 25.5 Å². The van der Waals surface area contributed by atoms with Gasteiger partial charge in [0.05, 0.1) is 12.8 Å². The van der Waals surface area contributed by atoms with Gasteiger partial charge in [-0.3, -0.25) is 0 Å². The minimum Gasteiger partial charge on any atom is -0.478 e. The fourth-order valence-corrected chi connectivity index (χ4v) is 0.886. The van der Waals surface area contributed by atoms with E-state index < -0.39 is 0 Å². The van der Waals surface area contributed by atoms with Crippen LogP contribution < -0.4 is 4.74 Å². The number of aromatic nitrogens is 2. The average Bonchev–Trinajstić information content (AvgIpc) is 2.49. The van der Waals surface area contributed by atoms with Crippen LogP contribution in [0.4, 0.5) is 0 Å². The molecular weight excluding hydrogens is 154 g/mol. The Morgan fingerprint density at radius 2 is 2.42 bits per heavy atom. The third-order valence-electron chi connectivity index (χ3n) is 1.48. The van der Waals surface area contributed by atoms with E-state index in [4.69, 9.17) is 4.74 Å². The fourth-order valence-electron chi connectivity index (χ4n) is 0.886. The smallest absolute Gasteiger partial charge is 0.208 e. The molecule has 12 heavy (non-hydrogen) atoms. The first-order valence-corrected chi connectivity index (χ1v) is 4.06. The van der Waals surface area contributed by atoms with Gasteiger partial charge in [0.2, 0.25) is 5.88 Å². The molecule has 1 heterocycles. The van der Waals surface area contributed by atoms with Crippen LogP contribution in [0, 0.1) is 0 Å². The number of ether oxygens (including phenoxy) is 1. The predicted molar refractivity (Wildman–Crippen MR) is 47.3 cm³/mol. The Labute approximate surface area is 72.5 Å². The lowest BCUT2D eigenvalue weighted by Gasteiger charge is -2.08. The molecule has 0 aliphatic carbocycles. The molecule has 4 heteroatoms. The lowest BCUT2D eigenvalue weighted by atomic mass is 10.4. The Bertz CT molecular complexity index is 196. The van der Waals surface area contributed by atoms with E-state index in [1.54, 1.807) is 6.20 Å². The Morgan fingerprint density at radius 1 is 1.58 bits per heavy atom. The molecule has 0 spiro atoms. The first kappa shape index (κ1) is 9.06. The number of hydrogen-bond acceptors (Lipinski definition) is 3. The van der Waals surface area contributed by atoms with Crippen LogP contribution in [0.1, 0.15) is 6.42 Å². The van der Waals surface area contributed by atoms with Gasteiger partial charge in [0.1, 0.15) is 0 Å². The second kappa shape index (κ2) is 4.77. The first-order valence-electron chi connectivity index (χ1n) is 4.06. The predicted octanol–water partition coefficient (Wildman–Crippen LogP) is 0.740. The van der Waals surface area contributed by atoms with Gasteiger partial charge >= 0.3 is 0 Å². The number of rotatable bonds is 5. The third kappa shape index (κ3) is 3.39. The summed E-state index contributed by atoms with van der Waals surface area (Å²) in [4.78, 5) is 2.14. The van der Waals surface area contributed by atoms with Gasteiger partial charge in [0.15, 0.2) is 0 Å². The Morgan fingerprint density at radius 3 is 3.00 bits per heavy atom. The zero-order valence-corrected chi connectivity index (χ0v) is 7.58. The summed E-state index contributed by atoms with van der Waals surface area (Å²) in [7, 11) is 4.10. The summed E-state index contributed by atoms with van der Waals surface area (Å²) < 4.78 is 5.35. The van der Waals surface area contributed by atoms with Crippen molar-refractivity contribution in [3.05, 3.63) is 12.3 Å². The van der Waals surface area contributed by atoms with E-state index in [9.17, 15) is 0 Å². The van der Waals surface area contributed by atoms with Gasteiger partial charge in [0, 0.05) is 12.6 Å². The molecule has 0 unspecified atom stereocenters. The molecular formula is C8H15N3O. The van der Waals surface area contributed by atoms with Crippen molar-refractivity contribution >= 4 is 0 Å². The summed E-state index contributed by atoms with van der Waals surface area (Å²) in [5.41, 5.74) is 0. The monoisotopic (exact) mass is 169 g/mol. The molecule has 4 nitrogen and oxygen atoms in total. The second-order valence-corrected chi connectivity index (χ2v) is 2.93. The average molecular weight is 169 g/mol. The van der Waals surface area contributed by atoms with Crippen molar-refractivity contribution < 1.29 is 4.74 Å². The molecule has 0 atom stereocenters. The molecule has 0 saturated carbocycles. The maximum atomic E-state index is 5.35. The van der Waals surface area contributed by atoms with Crippen LogP contribution in [0.15, 0.2) is 12.3 Å². The van der Waals surface area contributed by atoms with Crippen molar-refractivity contribution in [2.75, 3.05) is 27.2 Å². The van der Waals surface area contributed by atoms with Gasteiger partial charge in [-0.2, -0.15) is 5.10 Å². The molecule has 1 N–H and O–H groups in total.